The van der Waals surface area contributed by atoms with Crippen molar-refractivity contribution in [3.8, 4) is 5.75 Å². The SMILES string of the molecule is CCCCS(=O)(=O)Nc1ccccc1Nc1cc2c(cc1O)[C@]13CCCC[C@@H]1[C@H](C2)NCC3.O=CC(F)(F)F. The second-order valence-electron chi connectivity index (χ2n) is 10.7. The number of unbranched alkanes of at least 4 members (excludes halogenated alkanes) is 1. The van der Waals surface area contributed by atoms with Crippen LogP contribution in [0.25, 0.3) is 0 Å². The zero-order valence-electron chi connectivity index (χ0n) is 22.0. The standard InChI is InChI=1S/C26H35N3O3S.C2HF3O/c1-2-3-14-33(31,32)29-22-10-5-4-9-21(22)28-24-16-18-15-23-19-8-6-7-11-26(19,12-13-27-23)20(18)17-25(24)30;3-2(4,5)1-6/h4-5,9-10,16-17,19,23,27-30H,2-3,6-8,11-15H2,1H3;1H/t19-,23+,26+;/m1./s1. The lowest BCUT2D eigenvalue weighted by atomic mass is 9.53. The van der Waals surface area contributed by atoms with Gasteiger partial charge in [-0.05, 0) is 80.0 Å². The summed E-state index contributed by atoms with van der Waals surface area (Å²) >= 11 is 0. The van der Waals surface area contributed by atoms with E-state index in [9.17, 15) is 26.7 Å². The van der Waals surface area contributed by atoms with E-state index in [-0.39, 0.29) is 16.9 Å². The molecule has 1 saturated heterocycles. The number of alkyl halides is 3. The molecular weight excluding hydrogens is 531 g/mol. The highest BCUT2D eigenvalue weighted by atomic mass is 32.2. The summed E-state index contributed by atoms with van der Waals surface area (Å²) in [6, 6.07) is 11.8. The fraction of sp³-hybridized carbons (Fsp3) is 0.536. The van der Waals surface area contributed by atoms with Gasteiger partial charge in [-0.15, -0.1) is 0 Å². The van der Waals surface area contributed by atoms with Crippen LogP contribution in [0.5, 0.6) is 5.75 Å². The third-order valence-electron chi connectivity index (χ3n) is 8.12. The first-order chi connectivity index (χ1) is 18.5. The number of aromatic hydroxyl groups is 1. The molecule has 2 aliphatic carbocycles. The quantitative estimate of drug-likeness (QED) is 0.250. The molecule has 0 unspecified atom stereocenters. The van der Waals surface area contributed by atoms with Crippen LogP contribution in [0.15, 0.2) is 36.4 Å². The highest BCUT2D eigenvalue weighted by Crippen LogP contribution is 2.55. The van der Waals surface area contributed by atoms with Gasteiger partial charge in [0.25, 0.3) is 0 Å². The predicted octanol–water partition coefficient (Wildman–Crippen LogP) is 5.77. The maximum absolute atomic E-state index is 12.5. The van der Waals surface area contributed by atoms with Crippen molar-refractivity contribution in [1.29, 1.82) is 0 Å². The zero-order chi connectivity index (χ0) is 28.3. The largest absolute Gasteiger partial charge is 0.506 e. The van der Waals surface area contributed by atoms with Gasteiger partial charge in [-0.1, -0.05) is 38.3 Å². The van der Waals surface area contributed by atoms with Crippen molar-refractivity contribution in [1.82, 2.24) is 5.32 Å². The second-order valence-corrected chi connectivity index (χ2v) is 12.5. The van der Waals surface area contributed by atoms with E-state index in [2.05, 4.69) is 21.4 Å². The highest BCUT2D eigenvalue weighted by molar-refractivity contribution is 7.92. The number of phenols is 1. The van der Waals surface area contributed by atoms with Gasteiger partial charge in [0, 0.05) is 11.5 Å². The van der Waals surface area contributed by atoms with Crippen LogP contribution in [0.4, 0.5) is 30.2 Å². The Labute approximate surface area is 227 Å². The molecule has 3 aliphatic rings. The number of para-hydroxylation sites is 2. The van der Waals surface area contributed by atoms with Crippen LogP contribution in [0, 0.1) is 5.92 Å². The van der Waals surface area contributed by atoms with Gasteiger partial charge in [0.15, 0.2) is 0 Å². The minimum atomic E-state index is -4.64. The van der Waals surface area contributed by atoms with Gasteiger partial charge in [0.05, 0.1) is 22.8 Å². The van der Waals surface area contributed by atoms with Crippen molar-refractivity contribution in [3.05, 3.63) is 47.5 Å². The molecule has 214 valence electrons. The van der Waals surface area contributed by atoms with Gasteiger partial charge >= 0.3 is 6.18 Å². The van der Waals surface area contributed by atoms with E-state index in [1.54, 1.807) is 6.07 Å². The molecule has 1 heterocycles. The number of sulfonamides is 1. The van der Waals surface area contributed by atoms with Crippen LogP contribution in [0.2, 0.25) is 0 Å². The van der Waals surface area contributed by atoms with Gasteiger partial charge in [0.1, 0.15) is 5.75 Å². The molecule has 0 aromatic heterocycles. The first-order valence-corrected chi connectivity index (χ1v) is 15.1. The summed E-state index contributed by atoms with van der Waals surface area (Å²) in [5, 5.41) is 18.1. The molecule has 3 atom stereocenters. The molecule has 39 heavy (non-hydrogen) atoms. The second kappa shape index (κ2) is 11.8. The summed E-state index contributed by atoms with van der Waals surface area (Å²) < 4.78 is 58.9. The molecule has 2 aromatic rings. The third kappa shape index (κ3) is 6.69. The van der Waals surface area contributed by atoms with E-state index in [1.807, 2.05) is 31.2 Å². The molecule has 5 rings (SSSR count). The smallest absolute Gasteiger partial charge is 0.446 e. The Morgan fingerprint density at radius 2 is 1.85 bits per heavy atom. The molecule has 11 heteroatoms. The van der Waals surface area contributed by atoms with Gasteiger partial charge in [-0.3, -0.25) is 9.52 Å². The Morgan fingerprint density at radius 1 is 1.13 bits per heavy atom. The van der Waals surface area contributed by atoms with Crippen LogP contribution in [0.3, 0.4) is 0 Å². The van der Waals surface area contributed by atoms with Crippen LogP contribution in [-0.4, -0.2) is 44.3 Å². The van der Waals surface area contributed by atoms with Crippen molar-refractivity contribution in [2.45, 2.75) is 75.9 Å². The molecule has 0 amide bonds. The fourth-order valence-corrected chi connectivity index (χ4v) is 7.73. The number of anilines is 3. The first kappa shape index (κ1) is 29.2. The van der Waals surface area contributed by atoms with Crippen LogP contribution in [-0.2, 0) is 26.7 Å². The molecule has 1 aliphatic heterocycles. The maximum atomic E-state index is 12.5. The Balaban J connectivity index is 0.000000531. The Kier molecular flexibility index (Phi) is 8.80. The molecule has 1 saturated carbocycles. The average molecular weight is 568 g/mol. The summed E-state index contributed by atoms with van der Waals surface area (Å²) in [5.41, 5.74) is 4.57. The molecule has 2 fully saturated rings. The van der Waals surface area contributed by atoms with Crippen molar-refractivity contribution >= 4 is 33.4 Å². The minimum Gasteiger partial charge on any atom is -0.506 e. The van der Waals surface area contributed by atoms with Crippen LogP contribution in [0.1, 0.15) is 63.0 Å². The molecule has 7 nitrogen and oxygen atoms in total. The zero-order valence-corrected chi connectivity index (χ0v) is 22.8. The van der Waals surface area contributed by atoms with Crippen molar-refractivity contribution in [2.75, 3.05) is 22.3 Å². The summed E-state index contributed by atoms with van der Waals surface area (Å²) in [6.07, 6.45) is 2.88. The van der Waals surface area contributed by atoms with E-state index < -0.39 is 22.5 Å². The molecule has 0 radical (unpaired) electrons. The number of rotatable bonds is 7. The number of aldehydes is 1. The molecular formula is C28H36F3N3O4S. The normalized spacial score (nSPS) is 23.9. The van der Waals surface area contributed by atoms with E-state index in [0.717, 1.165) is 25.8 Å². The van der Waals surface area contributed by atoms with Gasteiger partial charge in [-0.2, -0.15) is 13.2 Å². The number of piperidine rings is 1. The van der Waals surface area contributed by atoms with Gasteiger partial charge in [0.2, 0.25) is 16.3 Å². The Bertz CT molecular complexity index is 1280. The monoisotopic (exact) mass is 567 g/mol. The Hall–Kier alpha value is -2.79. The van der Waals surface area contributed by atoms with Gasteiger partial charge in [-0.25, -0.2) is 8.42 Å². The topological polar surface area (TPSA) is 108 Å². The van der Waals surface area contributed by atoms with E-state index in [1.165, 1.54) is 36.8 Å². The lowest BCUT2D eigenvalue weighted by Crippen LogP contribution is -2.59. The molecule has 2 bridgehead atoms. The molecule has 0 spiro atoms. The van der Waals surface area contributed by atoms with Crippen molar-refractivity contribution in [3.63, 3.8) is 0 Å². The predicted molar refractivity (Wildman–Crippen MR) is 146 cm³/mol. The number of phenolic OH excluding ortho intramolecular Hbond substituents is 1. The number of nitrogens with one attached hydrogen (secondary N) is 3. The number of hydrogen-bond acceptors (Lipinski definition) is 6. The van der Waals surface area contributed by atoms with E-state index in [0.29, 0.717) is 35.4 Å². The van der Waals surface area contributed by atoms with Crippen LogP contribution < -0.4 is 15.4 Å². The fourth-order valence-electron chi connectivity index (χ4n) is 6.45. The molecule has 4 N–H and O–H groups in total. The van der Waals surface area contributed by atoms with Crippen molar-refractivity contribution in [2.24, 2.45) is 5.92 Å². The summed E-state index contributed by atoms with van der Waals surface area (Å²) in [7, 11) is -3.42. The number of halogens is 3. The maximum Gasteiger partial charge on any atom is 0.446 e. The minimum absolute atomic E-state index is 0.0968. The number of fused-ring (bicyclic) bond motifs is 1. The summed E-state index contributed by atoms with van der Waals surface area (Å²) in [6.45, 7) is 3.02. The van der Waals surface area contributed by atoms with Crippen molar-refractivity contribution < 1.29 is 31.5 Å². The lowest BCUT2D eigenvalue weighted by molar-refractivity contribution is -0.156. The number of hydrogen-bond donors (Lipinski definition) is 4. The lowest BCUT2D eigenvalue weighted by Gasteiger charge is -2.56. The number of benzene rings is 2. The summed E-state index contributed by atoms with van der Waals surface area (Å²) in [5.74, 6) is 0.983. The van der Waals surface area contributed by atoms with E-state index in [4.69, 9.17) is 4.79 Å². The van der Waals surface area contributed by atoms with Gasteiger partial charge < -0.3 is 15.7 Å². The Morgan fingerprint density at radius 3 is 2.54 bits per heavy atom. The van der Waals surface area contributed by atoms with E-state index >= 15 is 0 Å². The summed E-state index contributed by atoms with van der Waals surface area (Å²) in [4.78, 5) is 8.70. The van der Waals surface area contributed by atoms with Crippen LogP contribution >= 0.6 is 0 Å². The highest BCUT2D eigenvalue weighted by Gasteiger charge is 2.51. The molecule has 2 aromatic carbocycles. The average Bonchev–Trinajstić information content (AvgIpc) is 2.89. The number of carbonyl (C=O) groups is 1. The number of carbonyl (C=O) groups excluding carboxylic acids is 1. The third-order valence-corrected chi connectivity index (χ3v) is 9.48. The first-order valence-electron chi connectivity index (χ1n) is 13.5.